The molecule has 1 aromatic rings. The third-order valence-electron chi connectivity index (χ3n) is 2.16. The molecule has 0 aliphatic heterocycles. The van der Waals surface area contributed by atoms with Crippen molar-refractivity contribution in [3.05, 3.63) is 23.8 Å². The van der Waals surface area contributed by atoms with E-state index >= 15 is 0 Å². The fourth-order valence-electron chi connectivity index (χ4n) is 1.28. The first-order chi connectivity index (χ1) is 8.15. The van der Waals surface area contributed by atoms with Crippen molar-refractivity contribution >= 4 is 11.7 Å². The molecule has 0 atom stereocenters. The van der Waals surface area contributed by atoms with Gasteiger partial charge in [-0.1, -0.05) is 0 Å². The lowest BCUT2D eigenvalue weighted by Gasteiger charge is -2.09. The fourth-order valence-corrected chi connectivity index (χ4v) is 1.28. The van der Waals surface area contributed by atoms with Gasteiger partial charge in [-0.3, -0.25) is 0 Å². The molecule has 0 unspecified atom stereocenters. The standard InChI is InChI=1S/C12H17NO4/c1-2-16-6-3-7-17-11-8-9(12(14)15)4-5-10(11)13/h4-5,8H,2-3,6-7,13H2,1H3,(H,14,15). The summed E-state index contributed by atoms with van der Waals surface area (Å²) < 4.78 is 10.6. The Labute approximate surface area is 100 Å². The van der Waals surface area contributed by atoms with E-state index in [-0.39, 0.29) is 5.56 Å². The van der Waals surface area contributed by atoms with Crippen LogP contribution >= 0.6 is 0 Å². The predicted molar refractivity (Wildman–Crippen MR) is 64.4 cm³/mol. The van der Waals surface area contributed by atoms with Gasteiger partial charge in [0.05, 0.1) is 17.9 Å². The molecule has 5 nitrogen and oxygen atoms in total. The second-order valence-electron chi connectivity index (χ2n) is 3.46. The number of carbonyl (C=O) groups is 1. The normalized spacial score (nSPS) is 10.2. The summed E-state index contributed by atoms with van der Waals surface area (Å²) in [4.78, 5) is 10.8. The van der Waals surface area contributed by atoms with Crippen molar-refractivity contribution < 1.29 is 19.4 Å². The van der Waals surface area contributed by atoms with Crippen LogP contribution in [0.2, 0.25) is 0 Å². The van der Waals surface area contributed by atoms with E-state index in [0.717, 1.165) is 6.42 Å². The summed E-state index contributed by atoms with van der Waals surface area (Å²) in [6, 6.07) is 4.41. The summed E-state index contributed by atoms with van der Waals surface area (Å²) in [5, 5.41) is 8.83. The largest absolute Gasteiger partial charge is 0.491 e. The molecule has 0 heterocycles. The number of aromatic carboxylic acids is 1. The predicted octanol–water partition coefficient (Wildman–Crippen LogP) is 1.77. The Morgan fingerprint density at radius 3 is 2.82 bits per heavy atom. The van der Waals surface area contributed by atoms with E-state index in [4.69, 9.17) is 20.3 Å². The maximum absolute atomic E-state index is 10.8. The Morgan fingerprint density at radius 2 is 2.18 bits per heavy atom. The van der Waals surface area contributed by atoms with Gasteiger partial charge in [0.15, 0.2) is 0 Å². The topological polar surface area (TPSA) is 81.8 Å². The van der Waals surface area contributed by atoms with Crippen LogP contribution in [0.5, 0.6) is 5.75 Å². The highest BCUT2D eigenvalue weighted by Crippen LogP contribution is 2.22. The summed E-state index contributed by atoms with van der Waals surface area (Å²) in [7, 11) is 0. The zero-order valence-electron chi connectivity index (χ0n) is 9.81. The molecule has 0 fully saturated rings. The van der Waals surface area contributed by atoms with Crippen LogP contribution in [0.4, 0.5) is 5.69 Å². The molecule has 1 rings (SSSR count). The van der Waals surface area contributed by atoms with Crippen LogP contribution in [0.1, 0.15) is 23.7 Å². The Morgan fingerprint density at radius 1 is 1.41 bits per heavy atom. The van der Waals surface area contributed by atoms with Crippen LogP contribution in [0.15, 0.2) is 18.2 Å². The molecule has 0 aliphatic rings. The van der Waals surface area contributed by atoms with Gasteiger partial charge in [-0.05, 0) is 25.1 Å². The van der Waals surface area contributed by atoms with Gasteiger partial charge in [0.25, 0.3) is 0 Å². The minimum absolute atomic E-state index is 0.166. The van der Waals surface area contributed by atoms with E-state index in [2.05, 4.69) is 0 Å². The van der Waals surface area contributed by atoms with Crippen LogP contribution in [-0.4, -0.2) is 30.9 Å². The van der Waals surface area contributed by atoms with Crippen molar-refractivity contribution in [1.29, 1.82) is 0 Å². The molecule has 0 aliphatic carbocycles. The third kappa shape index (κ3) is 4.32. The SMILES string of the molecule is CCOCCCOc1cc(C(=O)O)ccc1N. The number of hydrogen-bond acceptors (Lipinski definition) is 4. The number of benzene rings is 1. The summed E-state index contributed by atoms with van der Waals surface area (Å²) >= 11 is 0. The monoisotopic (exact) mass is 239 g/mol. The average Bonchev–Trinajstić information content (AvgIpc) is 2.30. The van der Waals surface area contributed by atoms with Crippen LogP contribution in [0.25, 0.3) is 0 Å². The first kappa shape index (κ1) is 13.3. The molecule has 5 heteroatoms. The highest BCUT2D eigenvalue weighted by Gasteiger charge is 2.07. The van der Waals surface area contributed by atoms with Crippen molar-refractivity contribution in [2.75, 3.05) is 25.6 Å². The molecule has 0 saturated carbocycles. The van der Waals surface area contributed by atoms with Crippen LogP contribution in [-0.2, 0) is 4.74 Å². The Bertz CT molecular complexity index is 379. The first-order valence-corrected chi connectivity index (χ1v) is 5.48. The number of ether oxygens (including phenoxy) is 2. The van der Waals surface area contributed by atoms with E-state index in [1.807, 2.05) is 6.92 Å². The molecule has 0 aromatic heterocycles. The lowest BCUT2D eigenvalue weighted by atomic mass is 10.2. The molecule has 17 heavy (non-hydrogen) atoms. The molecule has 0 amide bonds. The average molecular weight is 239 g/mol. The third-order valence-corrected chi connectivity index (χ3v) is 2.16. The second-order valence-corrected chi connectivity index (χ2v) is 3.46. The number of carboxylic acids is 1. The molecule has 0 radical (unpaired) electrons. The number of nitrogens with two attached hydrogens (primary N) is 1. The van der Waals surface area contributed by atoms with E-state index in [9.17, 15) is 4.79 Å². The lowest BCUT2D eigenvalue weighted by molar-refractivity contribution is 0.0696. The Hall–Kier alpha value is -1.75. The Kier molecular flexibility index (Phi) is 5.29. The van der Waals surface area contributed by atoms with Crippen LogP contribution in [0.3, 0.4) is 0 Å². The molecule has 94 valence electrons. The van der Waals surface area contributed by atoms with Crippen LogP contribution < -0.4 is 10.5 Å². The maximum atomic E-state index is 10.8. The van der Waals surface area contributed by atoms with E-state index in [0.29, 0.717) is 31.3 Å². The number of carboxylic acid groups (broad SMARTS) is 1. The molecular weight excluding hydrogens is 222 g/mol. The molecule has 0 spiro atoms. The number of hydrogen-bond donors (Lipinski definition) is 2. The molecule has 3 N–H and O–H groups in total. The van der Waals surface area contributed by atoms with Crippen molar-refractivity contribution in [1.82, 2.24) is 0 Å². The van der Waals surface area contributed by atoms with Crippen molar-refractivity contribution in [2.24, 2.45) is 0 Å². The van der Waals surface area contributed by atoms with E-state index < -0.39 is 5.97 Å². The summed E-state index contributed by atoms with van der Waals surface area (Å²) in [6.07, 6.45) is 0.741. The van der Waals surface area contributed by atoms with E-state index in [1.165, 1.54) is 18.2 Å². The zero-order valence-corrected chi connectivity index (χ0v) is 9.81. The first-order valence-electron chi connectivity index (χ1n) is 5.48. The molecule has 1 aromatic carbocycles. The quantitative estimate of drug-likeness (QED) is 0.559. The van der Waals surface area contributed by atoms with Gasteiger partial charge >= 0.3 is 5.97 Å². The number of rotatable bonds is 7. The molecule has 0 bridgehead atoms. The van der Waals surface area contributed by atoms with Crippen molar-refractivity contribution in [2.45, 2.75) is 13.3 Å². The Balaban J connectivity index is 2.51. The minimum Gasteiger partial charge on any atom is -0.491 e. The van der Waals surface area contributed by atoms with Crippen molar-refractivity contribution in [3.63, 3.8) is 0 Å². The summed E-state index contributed by atoms with van der Waals surface area (Å²) in [5.74, 6) is -0.592. The summed E-state index contributed by atoms with van der Waals surface area (Å²) in [6.45, 7) is 3.67. The molecule has 0 saturated heterocycles. The number of anilines is 1. The van der Waals surface area contributed by atoms with E-state index in [1.54, 1.807) is 0 Å². The second kappa shape index (κ2) is 6.75. The maximum Gasteiger partial charge on any atom is 0.335 e. The number of nitrogen functional groups attached to an aromatic ring is 1. The van der Waals surface area contributed by atoms with Gasteiger partial charge in [0, 0.05) is 19.6 Å². The molecular formula is C12H17NO4. The minimum atomic E-state index is -0.996. The van der Waals surface area contributed by atoms with Gasteiger partial charge in [0.1, 0.15) is 5.75 Å². The summed E-state index contributed by atoms with van der Waals surface area (Å²) in [5.41, 5.74) is 6.28. The highest BCUT2D eigenvalue weighted by atomic mass is 16.5. The zero-order chi connectivity index (χ0) is 12.7. The van der Waals surface area contributed by atoms with Gasteiger partial charge in [-0.2, -0.15) is 0 Å². The van der Waals surface area contributed by atoms with Gasteiger partial charge in [-0.25, -0.2) is 4.79 Å². The van der Waals surface area contributed by atoms with Crippen molar-refractivity contribution in [3.8, 4) is 5.75 Å². The highest BCUT2D eigenvalue weighted by molar-refractivity contribution is 5.89. The van der Waals surface area contributed by atoms with Gasteiger partial charge in [-0.15, -0.1) is 0 Å². The lowest BCUT2D eigenvalue weighted by Crippen LogP contribution is -2.05. The van der Waals surface area contributed by atoms with Crippen LogP contribution in [0, 0.1) is 0 Å². The fraction of sp³-hybridized carbons (Fsp3) is 0.417. The van der Waals surface area contributed by atoms with Gasteiger partial charge < -0.3 is 20.3 Å². The smallest absolute Gasteiger partial charge is 0.335 e. The van der Waals surface area contributed by atoms with Gasteiger partial charge in [0.2, 0.25) is 0 Å².